The number of piperidine rings is 1. The Bertz CT molecular complexity index is 399. The molecule has 0 N–H and O–H groups in total. The molecule has 0 aromatic carbocycles. The van der Waals surface area contributed by atoms with Gasteiger partial charge in [0.25, 0.3) is 0 Å². The van der Waals surface area contributed by atoms with Crippen LogP contribution in [0.2, 0.25) is 0 Å². The summed E-state index contributed by atoms with van der Waals surface area (Å²) in [5.74, 6) is 0.312. The van der Waals surface area contributed by atoms with Crippen molar-refractivity contribution in [1.29, 1.82) is 0 Å². The summed E-state index contributed by atoms with van der Waals surface area (Å²) in [6.45, 7) is 3.88. The van der Waals surface area contributed by atoms with Gasteiger partial charge in [-0.1, -0.05) is 6.42 Å². The van der Waals surface area contributed by atoms with Crippen molar-refractivity contribution in [2.75, 3.05) is 13.1 Å². The number of carbonyl (C=O) groups is 1. The molecule has 1 atom stereocenters. The van der Waals surface area contributed by atoms with Gasteiger partial charge in [-0.3, -0.25) is 14.4 Å². The molecule has 1 saturated heterocycles. The van der Waals surface area contributed by atoms with Gasteiger partial charge in [0.2, 0.25) is 0 Å². The van der Waals surface area contributed by atoms with Crippen LogP contribution in [0.1, 0.15) is 38.3 Å². The SMILES string of the molecule is CC(=O)CC1CCCCN1CCc1ccnn1C. The largest absolute Gasteiger partial charge is 0.300 e. The summed E-state index contributed by atoms with van der Waals surface area (Å²) in [6.07, 6.45) is 7.28. The molecule has 1 aromatic heterocycles. The predicted molar refractivity (Wildman–Crippen MR) is 71.4 cm³/mol. The number of carbonyl (C=O) groups excluding carboxylic acids is 1. The Morgan fingerprint density at radius 2 is 2.33 bits per heavy atom. The molecule has 1 aromatic rings. The van der Waals surface area contributed by atoms with Gasteiger partial charge in [-0.25, -0.2) is 0 Å². The molecule has 4 nitrogen and oxygen atoms in total. The zero-order valence-electron chi connectivity index (χ0n) is 11.4. The molecule has 2 heterocycles. The molecule has 1 aliphatic rings. The molecule has 0 spiro atoms. The van der Waals surface area contributed by atoms with Crippen LogP contribution in [0.4, 0.5) is 0 Å². The van der Waals surface area contributed by atoms with Crippen molar-refractivity contribution in [3.05, 3.63) is 18.0 Å². The Morgan fingerprint density at radius 1 is 1.50 bits per heavy atom. The van der Waals surface area contributed by atoms with Crippen molar-refractivity contribution in [2.45, 2.75) is 45.1 Å². The Balaban J connectivity index is 1.89. The van der Waals surface area contributed by atoms with Crippen LogP contribution in [0.25, 0.3) is 0 Å². The molecular weight excluding hydrogens is 226 g/mol. The molecule has 100 valence electrons. The molecule has 0 bridgehead atoms. The van der Waals surface area contributed by atoms with Crippen molar-refractivity contribution in [1.82, 2.24) is 14.7 Å². The molecule has 1 unspecified atom stereocenters. The minimum atomic E-state index is 0.312. The van der Waals surface area contributed by atoms with Crippen LogP contribution in [-0.4, -0.2) is 39.6 Å². The van der Waals surface area contributed by atoms with E-state index >= 15 is 0 Å². The number of likely N-dealkylation sites (tertiary alicyclic amines) is 1. The van der Waals surface area contributed by atoms with Crippen molar-refractivity contribution < 1.29 is 4.79 Å². The first-order chi connectivity index (χ1) is 8.66. The van der Waals surface area contributed by atoms with E-state index in [0.717, 1.165) is 19.5 Å². The smallest absolute Gasteiger partial charge is 0.131 e. The Morgan fingerprint density at radius 3 is 3.00 bits per heavy atom. The zero-order chi connectivity index (χ0) is 13.0. The molecule has 0 aliphatic carbocycles. The minimum Gasteiger partial charge on any atom is -0.300 e. The van der Waals surface area contributed by atoms with E-state index in [4.69, 9.17) is 0 Å². The van der Waals surface area contributed by atoms with Gasteiger partial charge in [0.1, 0.15) is 5.78 Å². The highest BCUT2D eigenvalue weighted by atomic mass is 16.1. The first-order valence-corrected chi connectivity index (χ1v) is 6.87. The highest BCUT2D eigenvalue weighted by Gasteiger charge is 2.23. The maximum absolute atomic E-state index is 11.3. The molecule has 0 saturated carbocycles. The van der Waals surface area contributed by atoms with E-state index in [1.807, 2.05) is 17.9 Å². The fourth-order valence-corrected chi connectivity index (χ4v) is 2.82. The number of nitrogens with zero attached hydrogens (tertiary/aromatic N) is 3. The van der Waals surface area contributed by atoms with Crippen LogP contribution in [0, 0.1) is 0 Å². The van der Waals surface area contributed by atoms with Gasteiger partial charge >= 0.3 is 0 Å². The van der Waals surface area contributed by atoms with Crippen LogP contribution in [0.15, 0.2) is 12.3 Å². The van der Waals surface area contributed by atoms with Crippen LogP contribution >= 0.6 is 0 Å². The summed E-state index contributed by atoms with van der Waals surface area (Å²) in [7, 11) is 1.98. The van der Waals surface area contributed by atoms with E-state index in [1.54, 1.807) is 6.92 Å². The van der Waals surface area contributed by atoms with Crippen LogP contribution in [-0.2, 0) is 18.3 Å². The summed E-state index contributed by atoms with van der Waals surface area (Å²) in [5.41, 5.74) is 1.27. The summed E-state index contributed by atoms with van der Waals surface area (Å²) >= 11 is 0. The zero-order valence-corrected chi connectivity index (χ0v) is 11.4. The summed E-state index contributed by atoms with van der Waals surface area (Å²) in [4.78, 5) is 13.8. The van der Waals surface area contributed by atoms with Crippen molar-refractivity contribution in [3.63, 3.8) is 0 Å². The number of ketones is 1. The van der Waals surface area contributed by atoms with Crippen molar-refractivity contribution in [3.8, 4) is 0 Å². The van der Waals surface area contributed by atoms with Gasteiger partial charge in [0.15, 0.2) is 0 Å². The number of Topliss-reactive ketones (excluding diaryl/α,β-unsaturated/α-hetero) is 1. The molecule has 0 amide bonds. The second-order valence-corrected chi connectivity index (χ2v) is 5.29. The van der Waals surface area contributed by atoms with E-state index in [0.29, 0.717) is 18.2 Å². The molecule has 4 heteroatoms. The van der Waals surface area contributed by atoms with Crippen LogP contribution in [0.5, 0.6) is 0 Å². The number of hydrogen-bond acceptors (Lipinski definition) is 3. The predicted octanol–water partition coefficient (Wildman–Crippen LogP) is 1.80. The quantitative estimate of drug-likeness (QED) is 0.798. The third kappa shape index (κ3) is 3.42. The number of rotatable bonds is 5. The normalized spacial score (nSPS) is 21.1. The maximum atomic E-state index is 11.3. The molecular formula is C14H23N3O. The first-order valence-electron chi connectivity index (χ1n) is 6.87. The van der Waals surface area contributed by atoms with Crippen molar-refractivity contribution >= 4 is 5.78 Å². The van der Waals surface area contributed by atoms with E-state index in [-0.39, 0.29) is 0 Å². The lowest BCUT2D eigenvalue weighted by Gasteiger charge is -2.35. The average molecular weight is 249 g/mol. The highest BCUT2D eigenvalue weighted by Crippen LogP contribution is 2.20. The second-order valence-electron chi connectivity index (χ2n) is 5.29. The van der Waals surface area contributed by atoms with Gasteiger partial charge < -0.3 is 0 Å². The van der Waals surface area contributed by atoms with E-state index in [9.17, 15) is 4.79 Å². The third-order valence-corrected chi connectivity index (χ3v) is 3.85. The maximum Gasteiger partial charge on any atom is 0.131 e. The van der Waals surface area contributed by atoms with Gasteiger partial charge in [-0.05, 0) is 32.4 Å². The Labute approximate surface area is 109 Å². The lowest BCUT2D eigenvalue weighted by Crippen LogP contribution is -2.41. The van der Waals surface area contributed by atoms with Gasteiger partial charge in [-0.2, -0.15) is 5.10 Å². The van der Waals surface area contributed by atoms with E-state index in [1.165, 1.54) is 25.0 Å². The minimum absolute atomic E-state index is 0.312. The molecule has 18 heavy (non-hydrogen) atoms. The standard InChI is InChI=1S/C14H23N3O/c1-12(18)11-14-5-3-4-9-17(14)10-7-13-6-8-15-16(13)2/h6,8,14H,3-5,7,9-11H2,1-2H3. The molecule has 0 radical (unpaired) electrons. The Hall–Kier alpha value is -1.16. The fraction of sp³-hybridized carbons (Fsp3) is 0.714. The van der Waals surface area contributed by atoms with Gasteiger partial charge in [-0.15, -0.1) is 0 Å². The Kier molecular flexibility index (Phi) is 4.53. The first kappa shape index (κ1) is 13.3. The molecule has 2 rings (SSSR count). The molecule has 1 aliphatic heterocycles. The topological polar surface area (TPSA) is 38.1 Å². The molecule has 1 fully saturated rings. The second kappa shape index (κ2) is 6.14. The average Bonchev–Trinajstić information content (AvgIpc) is 2.73. The highest BCUT2D eigenvalue weighted by molar-refractivity contribution is 5.76. The van der Waals surface area contributed by atoms with E-state index in [2.05, 4.69) is 16.1 Å². The number of hydrogen-bond donors (Lipinski definition) is 0. The summed E-state index contributed by atoms with van der Waals surface area (Å²) < 4.78 is 1.93. The van der Waals surface area contributed by atoms with E-state index < -0.39 is 0 Å². The summed E-state index contributed by atoms with van der Waals surface area (Å²) in [5, 5.41) is 4.19. The number of aryl methyl sites for hydroxylation is 1. The fourth-order valence-electron chi connectivity index (χ4n) is 2.82. The third-order valence-electron chi connectivity index (χ3n) is 3.85. The van der Waals surface area contributed by atoms with Gasteiger partial charge in [0.05, 0.1) is 0 Å². The number of aromatic nitrogens is 2. The monoisotopic (exact) mass is 249 g/mol. The van der Waals surface area contributed by atoms with Gasteiger partial charge in [0, 0.05) is 44.4 Å². The van der Waals surface area contributed by atoms with Crippen molar-refractivity contribution in [2.24, 2.45) is 7.05 Å². The summed E-state index contributed by atoms with van der Waals surface area (Å²) in [6, 6.07) is 2.54. The van der Waals surface area contributed by atoms with Crippen LogP contribution < -0.4 is 0 Å². The lowest BCUT2D eigenvalue weighted by atomic mass is 9.97. The lowest BCUT2D eigenvalue weighted by molar-refractivity contribution is -0.118. The van der Waals surface area contributed by atoms with Crippen LogP contribution in [0.3, 0.4) is 0 Å².